The number of aliphatic hydroxyl groups excluding tert-OH is 1. The normalized spacial score (nSPS) is 27.7. The average Bonchev–Trinajstić information content (AvgIpc) is 3.58. The van der Waals surface area contributed by atoms with Crippen LogP contribution in [0.15, 0.2) is 67.8 Å². The van der Waals surface area contributed by atoms with Crippen molar-refractivity contribution in [1.82, 2.24) is 9.80 Å². The predicted octanol–water partition coefficient (Wildman–Crippen LogP) is 5.02. The van der Waals surface area contributed by atoms with E-state index in [0.717, 1.165) is 35.7 Å². The highest BCUT2D eigenvalue weighted by molar-refractivity contribution is 9.09. The number of fused-ring (bicyclic) bond motifs is 2. The monoisotopic (exact) mass is 653 g/mol. The Bertz CT molecular complexity index is 1370. The van der Waals surface area contributed by atoms with Gasteiger partial charge in [-0.3, -0.25) is 14.4 Å². The van der Waals surface area contributed by atoms with E-state index in [1.165, 1.54) is 0 Å². The van der Waals surface area contributed by atoms with Crippen LogP contribution in [0.1, 0.15) is 32.1 Å². The molecule has 0 aliphatic carbocycles. The fourth-order valence-electron chi connectivity index (χ4n) is 7.16. The molecule has 1 spiro atoms. The van der Waals surface area contributed by atoms with Crippen molar-refractivity contribution in [3.8, 4) is 0 Å². The number of rotatable bonds is 13. The maximum atomic E-state index is 14.8. The minimum Gasteiger partial charge on any atom is -0.396 e. The quantitative estimate of drug-likeness (QED) is 0.187. The number of thioether (sulfide) groups is 1. The van der Waals surface area contributed by atoms with Gasteiger partial charge in [-0.1, -0.05) is 71.3 Å². The van der Waals surface area contributed by atoms with Crippen molar-refractivity contribution in [1.29, 1.82) is 0 Å². The Kier molecular flexibility index (Phi) is 9.50. The molecule has 2 aromatic rings. The number of alkyl halides is 1. The topological polar surface area (TPSA) is 81.2 Å². The van der Waals surface area contributed by atoms with E-state index in [4.69, 9.17) is 0 Å². The van der Waals surface area contributed by atoms with Crippen LogP contribution in [-0.2, 0) is 14.4 Å². The number of likely N-dealkylation sites (N-methyl/N-ethyl adjacent to an activating group) is 1. The van der Waals surface area contributed by atoms with E-state index < -0.39 is 22.6 Å². The van der Waals surface area contributed by atoms with Gasteiger partial charge < -0.3 is 19.8 Å². The largest absolute Gasteiger partial charge is 0.396 e. The van der Waals surface area contributed by atoms with Crippen molar-refractivity contribution < 1.29 is 19.5 Å². The standard InChI is InChI=1S/C33H40BrN3O4S/c1-4-16-35(3)30(39)26-27-31(40)37(18-10-6-7-11-19-38)29(33(27)21-25(34)28(26)42-33)32(41)36(17-5-2)24-15-14-22-12-8-9-13-23(22)20-24/h4-5,8-9,12-15,20,25-29,38H,1-2,6-7,10-11,16-19,21H2,3H3/t25?,26-,27-,28-,29?,33?/m0/s1. The van der Waals surface area contributed by atoms with Crippen LogP contribution in [0, 0.1) is 11.8 Å². The number of halogens is 1. The molecule has 3 aliphatic heterocycles. The minimum atomic E-state index is -0.705. The van der Waals surface area contributed by atoms with Crippen molar-refractivity contribution in [3.63, 3.8) is 0 Å². The maximum absolute atomic E-state index is 14.8. The van der Waals surface area contributed by atoms with Gasteiger partial charge in [0.1, 0.15) is 6.04 Å². The molecule has 0 radical (unpaired) electrons. The number of carbonyl (C=O) groups excluding carboxylic acids is 3. The molecular formula is C33H40BrN3O4S. The van der Waals surface area contributed by atoms with Crippen molar-refractivity contribution in [2.24, 2.45) is 11.8 Å². The Morgan fingerprint density at radius 1 is 1.07 bits per heavy atom. The number of nitrogens with zero attached hydrogens (tertiary/aromatic N) is 3. The molecule has 3 heterocycles. The first-order valence-corrected chi connectivity index (χ1v) is 16.6. The first kappa shape index (κ1) is 30.8. The first-order chi connectivity index (χ1) is 20.3. The molecule has 3 fully saturated rings. The Morgan fingerprint density at radius 2 is 1.79 bits per heavy atom. The van der Waals surface area contributed by atoms with E-state index >= 15 is 0 Å². The molecule has 5 rings (SSSR count). The van der Waals surface area contributed by atoms with Crippen LogP contribution in [0.25, 0.3) is 10.8 Å². The number of hydrogen-bond donors (Lipinski definition) is 1. The molecule has 3 aliphatic rings. The number of benzene rings is 2. The van der Waals surface area contributed by atoms with Gasteiger partial charge in [-0.05, 0) is 42.2 Å². The van der Waals surface area contributed by atoms with Gasteiger partial charge in [0.25, 0.3) is 5.91 Å². The highest BCUT2D eigenvalue weighted by Gasteiger charge is 2.75. The number of carbonyl (C=O) groups is 3. The molecule has 6 atom stereocenters. The van der Waals surface area contributed by atoms with Gasteiger partial charge in [0.2, 0.25) is 11.8 Å². The van der Waals surface area contributed by atoms with Crippen molar-refractivity contribution >= 4 is 61.9 Å². The maximum Gasteiger partial charge on any atom is 0.251 e. The first-order valence-electron chi connectivity index (χ1n) is 14.8. The summed E-state index contributed by atoms with van der Waals surface area (Å²) in [5.41, 5.74) is 0.764. The second-order valence-electron chi connectivity index (χ2n) is 11.6. The molecule has 3 saturated heterocycles. The molecule has 1 N–H and O–H groups in total. The Labute approximate surface area is 261 Å². The third-order valence-corrected chi connectivity index (χ3v) is 12.2. The van der Waals surface area contributed by atoms with Crippen LogP contribution < -0.4 is 4.90 Å². The van der Waals surface area contributed by atoms with E-state index in [1.807, 2.05) is 42.5 Å². The van der Waals surface area contributed by atoms with Gasteiger partial charge in [0.05, 0.1) is 16.6 Å². The fourth-order valence-corrected chi connectivity index (χ4v) is 10.8. The zero-order chi connectivity index (χ0) is 30.0. The molecule has 0 aromatic heterocycles. The Hall–Kier alpha value is -2.62. The van der Waals surface area contributed by atoms with Crippen molar-refractivity contribution in [3.05, 3.63) is 67.8 Å². The smallest absolute Gasteiger partial charge is 0.251 e. The highest BCUT2D eigenvalue weighted by Crippen LogP contribution is 2.68. The number of hydrogen-bond acceptors (Lipinski definition) is 5. The lowest BCUT2D eigenvalue weighted by Gasteiger charge is -2.38. The summed E-state index contributed by atoms with van der Waals surface area (Å²) in [5, 5.41) is 11.2. The van der Waals surface area contributed by atoms with Crippen LogP contribution in [-0.4, -0.2) is 86.8 Å². The summed E-state index contributed by atoms with van der Waals surface area (Å²) in [6.07, 6.45) is 7.22. The lowest BCUT2D eigenvalue weighted by molar-refractivity contribution is -0.143. The van der Waals surface area contributed by atoms with Crippen LogP contribution in [0.2, 0.25) is 0 Å². The third kappa shape index (κ3) is 5.33. The summed E-state index contributed by atoms with van der Waals surface area (Å²) >= 11 is 5.52. The minimum absolute atomic E-state index is 0.0194. The Balaban J connectivity index is 1.54. The van der Waals surface area contributed by atoms with Crippen LogP contribution in [0.5, 0.6) is 0 Å². The van der Waals surface area contributed by atoms with Crippen LogP contribution in [0.3, 0.4) is 0 Å². The summed E-state index contributed by atoms with van der Waals surface area (Å²) in [7, 11) is 1.75. The zero-order valence-electron chi connectivity index (χ0n) is 24.2. The van der Waals surface area contributed by atoms with E-state index in [2.05, 4.69) is 29.1 Å². The lowest BCUT2D eigenvalue weighted by atomic mass is 9.70. The molecule has 3 amide bonds. The number of anilines is 1. The molecule has 0 saturated carbocycles. The summed E-state index contributed by atoms with van der Waals surface area (Å²) < 4.78 is -0.705. The van der Waals surface area contributed by atoms with E-state index in [0.29, 0.717) is 32.5 Å². The van der Waals surface area contributed by atoms with Gasteiger partial charge in [-0.15, -0.1) is 24.9 Å². The summed E-state index contributed by atoms with van der Waals surface area (Å²) in [4.78, 5) is 48.2. The molecule has 2 bridgehead atoms. The molecular weight excluding hydrogens is 614 g/mol. The number of likely N-dealkylation sites (tertiary alicyclic amines) is 1. The van der Waals surface area contributed by atoms with Crippen LogP contribution >= 0.6 is 27.7 Å². The third-order valence-electron chi connectivity index (χ3n) is 9.02. The fraction of sp³-hybridized carbons (Fsp3) is 0.485. The molecule has 42 heavy (non-hydrogen) atoms. The highest BCUT2D eigenvalue weighted by atomic mass is 79.9. The summed E-state index contributed by atoms with van der Waals surface area (Å²) in [6.45, 7) is 9.02. The van der Waals surface area contributed by atoms with Crippen molar-refractivity contribution in [2.45, 2.75) is 53.0 Å². The molecule has 7 nitrogen and oxygen atoms in total. The van der Waals surface area contributed by atoms with Gasteiger partial charge in [-0.25, -0.2) is 0 Å². The van der Waals surface area contributed by atoms with Crippen LogP contribution in [0.4, 0.5) is 5.69 Å². The number of amides is 3. The second kappa shape index (κ2) is 12.9. The van der Waals surface area contributed by atoms with Crippen molar-refractivity contribution in [2.75, 3.05) is 38.2 Å². The lowest BCUT2D eigenvalue weighted by Crippen LogP contribution is -2.56. The summed E-state index contributed by atoms with van der Waals surface area (Å²) in [5.74, 6) is -1.35. The predicted molar refractivity (Wildman–Crippen MR) is 174 cm³/mol. The summed E-state index contributed by atoms with van der Waals surface area (Å²) in [6, 6.07) is 13.3. The zero-order valence-corrected chi connectivity index (χ0v) is 26.6. The van der Waals surface area contributed by atoms with Gasteiger partial charge >= 0.3 is 0 Å². The average molecular weight is 655 g/mol. The SMILES string of the molecule is C=CCN(C)C(=O)[C@H]1[C@H]2C(=O)N(CCCCCCO)C(C(=O)N(CC=C)c3ccc4ccccc4c3)C23CC(Br)[C@@H]1S3. The van der Waals surface area contributed by atoms with Gasteiger partial charge in [0, 0.05) is 49.1 Å². The van der Waals surface area contributed by atoms with E-state index in [1.54, 1.807) is 45.7 Å². The van der Waals surface area contributed by atoms with Gasteiger partial charge in [0.15, 0.2) is 0 Å². The molecule has 224 valence electrons. The van der Waals surface area contributed by atoms with Gasteiger partial charge in [-0.2, -0.15) is 0 Å². The number of aliphatic hydroxyl groups is 1. The molecule has 9 heteroatoms. The van der Waals surface area contributed by atoms with E-state index in [-0.39, 0.29) is 34.4 Å². The molecule has 2 aromatic carbocycles. The number of unbranched alkanes of at least 4 members (excludes halogenated alkanes) is 3. The second-order valence-corrected chi connectivity index (χ2v) is 14.3. The van der Waals surface area contributed by atoms with E-state index in [9.17, 15) is 19.5 Å². The Morgan fingerprint density at radius 3 is 2.50 bits per heavy atom. The molecule has 3 unspecified atom stereocenters.